The van der Waals surface area contributed by atoms with Crippen LogP contribution in [-0.4, -0.2) is 10.9 Å². The van der Waals surface area contributed by atoms with Crippen molar-refractivity contribution in [1.82, 2.24) is 10.3 Å². The molecule has 1 aliphatic carbocycles. The largest absolute Gasteiger partial charge is 0.484 e. The standard InChI is InChI=1S/C19H16ClF3N2O2/c1-2-17(26)25-15-7-8-16(18-14(15)9-12(20)10-24-18)27-13-5-3-11(4-6-13)19(21,22)23/h2-6,9-10,15-16H,1,7-8H2,(H,25,26). The predicted octanol–water partition coefficient (Wildman–Crippen LogP) is 5.01. The van der Waals surface area contributed by atoms with Gasteiger partial charge in [-0.25, -0.2) is 0 Å². The van der Waals surface area contributed by atoms with Gasteiger partial charge in [-0.15, -0.1) is 0 Å². The summed E-state index contributed by atoms with van der Waals surface area (Å²) >= 11 is 6.04. The number of alkyl halides is 3. The molecule has 1 aromatic carbocycles. The van der Waals surface area contributed by atoms with Gasteiger partial charge in [0.1, 0.15) is 11.9 Å². The van der Waals surface area contributed by atoms with Crippen LogP contribution in [0.5, 0.6) is 5.75 Å². The summed E-state index contributed by atoms with van der Waals surface area (Å²) in [7, 11) is 0. The molecule has 0 bridgehead atoms. The van der Waals surface area contributed by atoms with Gasteiger partial charge in [0, 0.05) is 11.8 Å². The SMILES string of the molecule is C=CC(=O)NC1CCC(Oc2ccc(C(F)(F)F)cc2)c2ncc(Cl)cc21. The molecule has 0 saturated carbocycles. The van der Waals surface area contributed by atoms with E-state index in [4.69, 9.17) is 16.3 Å². The molecule has 2 unspecified atom stereocenters. The first-order chi connectivity index (χ1) is 12.8. The third-order valence-electron chi connectivity index (χ3n) is 4.28. The number of nitrogens with one attached hydrogen (secondary N) is 1. The van der Waals surface area contributed by atoms with E-state index in [1.54, 1.807) is 6.07 Å². The molecule has 2 aromatic rings. The smallest absolute Gasteiger partial charge is 0.416 e. The zero-order valence-corrected chi connectivity index (χ0v) is 14.8. The van der Waals surface area contributed by atoms with E-state index in [0.29, 0.717) is 29.3 Å². The van der Waals surface area contributed by atoms with Crippen LogP contribution in [0, 0.1) is 0 Å². The normalized spacial score (nSPS) is 19.1. The lowest BCUT2D eigenvalue weighted by Crippen LogP contribution is -2.32. The number of hydrogen-bond donors (Lipinski definition) is 1. The van der Waals surface area contributed by atoms with Crippen molar-refractivity contribution >= 4 is 17.5 Å². The number of carbonyl (C=O) groups excluding carboxylic acids is 1. The average Bonchev–Trinajstić information content (AvgIpc) is 2.63. The maximum absolute atomic E-state index is 12.7. The monoisotopic (exact) mass is 396 g/mol. The molecule has 142 valence electrons. The summed E-state index contributed by atoms with van der Waals surface area (Å²) in [5.74, 6) is -0.00249. The Balaban J connectivity index is 1.83. The lowest BCUT2D eigenvalue weighted by atomic mass is 9.89. The molecular weight excluding hydrogens is 381 g/mol. The summed E-state index contributed by atoms with van der Waals surface area (Å²) in [6.07, 6.45) is -1.09. The van der Waals surface area contributed by atoms with Gasteiger partial charge in [0.05, 0.1) is 22.3 Å². The van der Waals surface area contributed by atoms with Crippen molar-refractivity contribution in [1.29, 1.82) is 0 Å². The van der Waals surface area contributed by atoms with E-state index in [1.807, 2.05) is 0 Å². The number of rotatable bonds is 4. The van der Waals surface area contributed by atoms with Gasteiger partial charge in [0.2, 0.25) is 5.91 Å². The van der Waals surface area contributed by atoms with Gasteiger partial charge < -0.3 is 10.1 Å². The fraction of sp³-hybridized carbons (Fsp3) is 0.263. The van der Waals surface area contributed by atoms with Crippen molar-refractivity contribution < 1.29 is 22.7 Å². The van der Waals surface area contributed by atoms with Crippen LogP contribution < -0.4 is 10.1 Å². The summed E-state index contributed by atoms with van der Waals surface area (Å²) in [6, 6.07) is 5.93. The number of ether oxygens (including phenoxy) is 1. The Labute approximate surface area is 159 Å². The highest BCUT2D eigenvalue weighted by Crippen LogP contribution is 2.39. The van der Waals surface area contributed by atoms with E-state index in [0.717, 1.165) is 17.7 Å². The van der Waals surface area contributed by atoms with Gasteiger partial charge in [-0.05, 0) is 49.2 Å². The molecule has 2 atom stereocenters. The van der Waals surface area contributed by atoms with Crippen molar-refractivity contribution in [3.05, 3.63) is 71.0 Å². The average molecular weight is 397 g/mol. The maximum atomic E-state index is 12.7. The van der Waals surface area contributed by atoms with E-state index in [9.17, 15) is 18.0 Å². The number of carbonyl (C=O) groups is 1. The zero-order valence-electron chi connectivity index (χ0n) is 14.1. The second-order valence-electron chi connectivity index (χ2n) is 6.10. The molecule has 0 spiro atoms. The van der Waals surface area contributed by atoms with E-state index < -0.39 is 17.8 Å². The quantitative estimate of drug-likeness (QED) is 0.739. The van der Waals surface area contributed by atoms with Crippen LogP contribution in [-0.2, 0) is 11.0 Å². The molecule has 3 rings (SSSR count). The third-order valence-corrected chi connectivity index (χ3v) is 4.48. The van der Waals surface area contributed by atoms with Crippen LogP contribution in [0.1, 0.15) is 41.8 Å². The Morgan fingerprint density at radius 2 is 2.00 bits per heavy atom. The minimum atomic E-state index is -4.40. The molecule has 0 saturated heterocycles. The number of fused-ring (bicyclic) bond motifs is 1. The highest BCUT2D eigenvalue weighted by molar-refractivity contribution is 6.30. The van der Waals surface area contributed by atoms with E-state index >= 15 is 0 Å². The van der Waals surface area contributed by atoms with E-state index in [2.05, 4.69) is 16.9 Å². The lowest BCUT2D eigenvalue weighted by molar-refractivity contribution is -0.137. The topological polar surface area (TPSA) is 51.2 Å². The Morgan fingerprint density at radius 1 is 1.30 bits per heavy atom. The predicted molar refractivity (Wildman–Crippen MR) is 94.4 cm³/mol. The molecule has 1 N–H and O–H groups in total. The van der Waals surface area contributed by atoms with Crippen LogP contribution in [0.15, 0.2) is 49.2 Å². The summed E-state index contributed by atoms with van der Waals surface area (Å²) in [5.41, 5.74) is 0.580. The van der Waals surface area contributed by atoms with Gasteiger partial charge in [0.15, 0.2) is 0 Å². The molecule has 1 heterocycles. The zero-order chi connectivity index (χ0) is 19.6. The second-order valence-corrected chi connectivity index (χ2v) is 6.54. The molecule has 1 aliphatic rings. The van der Waals surface area contributed by atoms with Gasteiger partial charge in [-0.2, -0.15) is 13.2 Å². The molecule has 0 fully saturated rings. The first-order valence-electron chi connectivity index (χ1n) is 8.20. The van der Waals surface area contributed by atoms with E-state index in [-0.39, 0.29) is 11.9 Å². The fourth-order valence-corrected chi connectivity index (χ4v) is 3.17. The number of aromatic nitrogens is 1. The third kappa shape index (κ3) is 4.42. The van der Waals surface area contributed by atoms with Crippen LogP contribution in [0.2, 0.25) is 5.02 Å². The summed E-state index contributed by atoms with van der Waals surface area (Å²) in [6.45, 7) is 3.44. The highest BCUT2D eigenvalue weighted by atomic mass is 35.5. The summed E-state index contributed by atoms with van der Waals surface area (Å²) in [4.78, 5) is 16.0. The van der Waals surface area contributed by atoms with Crippen molar-refractivity contribution in [3.8, 4) is 5.75 Å². The molecule has 8 heteroatoms. The highest BCUT2D eigenvalue weighted by Gasteiger charge is 2.32. The number of benzene rings is 1. The Morgan fingerprint density at radius 3 is 2.63 bits per heavy atom. The fourth-order valence-electron chi connectivity index (χ4n) is 3.01. The van der Waals surface area contributed by atoms with Crippen molar-refractivity contribution in [2.24, 2.45) is 0 Å². The van der Waals surface area contributed by atoms with Crippen LogP contribution in [0.25, 0.3) is 0 Å². The lowest BCUT2D eigenvalue weighted by Gasteiger charge is -2.31. The van der Waals surface area contributed by atoms with Crippen molar-refractivity contribution in [2.45, 2.75) is 31.2 Å². The first-order valence-corrected chi connectivity index (χ1v) is 8.58. The van der Waals surface area contributed by atoms with Crippen LogP contribution in [0.3, 0.4) is 0 Å². The van der Waals surface area contributed by atoms with Crippen molar-refractivity contribution in [3.63, 3.8) is 0 Å². The Bertz CT molecular complexity index is 853. The van der Waals surface area contributed by atoms with Gasteiger partial charge in [-0.1, -0.05) is 18.2 Å². The summed E-state index contributed by atoms with van der Waals surface area (Å²) in [5, 5.41) is 3.24. The summed E-state index contributed by atoms with van der Waals surface area (Å²) < 4.78 is 43.9. The molecule has 4 nitrogen and oxygen atoms in total. The molecule has 0 aliphatic heterocycles. The van der Waals surface area contributed by atoms with Crippen LogP contribution >= 0.6 is 11.6 Å². The minimum absolute atomic E-state index is 0.288. The Kier molecular flexibility index (Phi) is 5.41. The molecule has 0 radical (unpaired) electrons. The van der Waals surface area contributed by atoms with E-state index in [1.165, 1.54) is 24.4 Å². The Hall–Kier alpha value is -2.54. The van der Waals surface area contributed by atoms with Gasteiger partial charge in [-0.3, -0.25) is 9.78 Å². The van der Waals surface area contributed by atoms with Gasteiger partial charge in [0.25, 0.3) is 0 Å². The van der Waals surface area contributed by atoms with Crippen LogP contribution in [0.4, 0.5) is 13.2 Å². The number of hydrogen-bond acceptors (Lipinski definition) is 3. The maximum Gasteiger partial charge on any atom is 0.416 e. The first kappa shape index (κ1) is 19.2. The minimum Gasteiger partial charge on any atom is -0.484 e. The van der Waals surface area contributed by atoms with Crippen molar-refractivity contribution in [2.75, 3.05) is 0 Å². The van der Waals surface area contributed by atoms with Gasteiger partial charge >= 0.3 is 6.18 Å². The molecule has 1 aromatic heterocycles. The number of pyridine rings is 1. The molecule has 27 heavy (non-hydrogen) atoms. The molecule has 1 amide bonds. The number of halogens is 4. The molecular formula is C19H16ClF3N2O2. The number of amides is 1. The number of nitrogens with zero attached hydrogens (tertiary/aromatic N) is 1. The second kappa shape index (κ2) is 7.60.